The Bertz CT molecular complexity index is 791. The molecule has 1 saturated heterocycles. The SMILES string of the molecule is COC[C@H]1O[C@@H](Oc2nn(C)c(C)c2Cc2ccc(C)cc2)[C@H](O)[C@@H](O)[C@@H]1O. The Labute approximate surface area is 164 Å². The van der Waals surface area contributed by atoms with E-state index in [9.17, 15) is 15.3 Å². The van der Waals surface area contributed by atoms with Gasteiger partial charge in [0.05, 0.1) is 6.61 Å². The number of hydrogen-bond donors (Lipinski definition) is 3. The standard InChI is InChI=1S/C20H28N2O6/c1-11-5-7-13(8-6-11)9-14-12(2)22(3)21-19(14)28-20-18(25)17(24)16(23)15(27-20)10-26-4/h5-8,15-18,20,23-25H,9-10H2,1-4H3/t15-,16-,17+,18-,20+/m1/s1. The van der Waals surface area contributed by atoms with Crippen LogP contribution >= 0.6 is 0 Å². The molecule has 0 amide bonds. The largest absolute Gasteiger partial charge is 0.443 e. The fourth-order valence-corrected chi connectivity index (χ4v) is 3.26. The summed E-state index contributed by atoms with van der Waals surface area (Å²) in [5, 5.41) is 34.9. The van der Waals surface area contributed by atoms with Crippen molar-refractivity contribution in [3.8, 4) is 5.88 Å². The Morgan fingerprint density at radius 2 is 1.75 bits per heavy atom. The molecule has 0 unspecified atom stereocenters. The van der Waals surface area contributed by atoms with E-state index >= 15 is 0 Å². The number of methoxy groups -OCH3 is 1. The molecule has 0 saturated carbocycles. The molecule has 28 heavy (non-hydrogen) atoms. The molecule has 5 atom stereocenters. The van der Waals surface area contributed by atoms with Gasteiger partial charge in [-0.3, -0.25) is 4.68 Å². The van der Waals surface area contributed by atoms with Gasteiger partial charge >= 0.3 is 0 Å². The quantitative estimate of drug-likeness (QED) is 0.656. The maximum atomic E-state index is 10.3. The summed E-state index contributed by atoms with van der Waals surface area (Å²) in [6, 6.07) is 8.18. The van der Waals surface area contributed by atoms with Crippen LogP contribution in [0, 0.1) is 13.8 Å². The number of aromatic nitrogens is 2. The maximum absolute atomic E-state index is 10.3. The molecule has 0 spiro atoms. The molecule has 8 nitrogen and oxygen atoms in total. The first-order valence-corrected chi connectivity index (χ1v) is 9.25. The van der Waals surface area contributed by atoms with Crippen LogP contribution in [0.15, 0.2) is 24.3 Å². The van der Waals surface area contributed by atoms with Crippen LogP contribution in [0.5, 0.6) is 5.88 Å². The molecule has 2 aromatic rings. The summed E-state index contributed by atoms with van der Waals surface area (Å²) in [5.41, 5.74) is 4.07. The Kier molecular flexibility index (Phi) is 6.36. The first kappa shape index (κ1) is 20.8. The fraction of sp³-hybridized carbons (Fsp3) is 0.550. The predicted molar refractivity (Wildman–Crippen MR) is 101 cm³/mol. The molecule has 1 aromatic heterocycles. The van der Waals surface area contributed by atoms with Gasteiger partial charge in [-0.15, -0.1) is 5.10 Å². The summed E-state index contributed by atoms with van der Waals surface area (Å²) >= 11 is 0. The topological polar surface area (TPSA) is 106 Å². The van der Waals surface area contributed by atoms with Crippen molar-refractivity contribution in [2.24, 2.45) is 7.05 Å². The molecule has 1 fully saturated rings. The molecule has 3 rings (SSSR count). The molecular formula is C20H28N2O6. The second-order valence-electron chi connectivity index (χ2n) is 7.24. The number of ether oxygens (including phenoxy) is 3. The van der Waals surface area contributed by atoms with Crippen molar-refractivity contribution in [3.05, 3.63) is 46.6 Å². The maximum Gasteiger partial charge on any atom is 0.239 e. The average Bonchev–Trinajstić information content (AvgIpc) is 2.93. The minimum absolute atomic E-state index is 0.0578. The molecule has 8 heteroatoms. The van der Waals surface area contributed by atoms with Crippen molar-refractivity contribution in [3.63, 3.8) is 0 Å². The summed E-state index contributed by atoms with van der Waals surface area (Å²) in [6.45, 7) is 4.03. The van der Waals surface area contributed by atoms with E-state index in [0.29, 0.717) is 12.3 Å². The molecular weight excluding hydrogens is 364 g/mol. The molecule has 0 radical (unpaired) electrons. The number of aliphatic hydroxyl groups is 3. The number of rotatable bonds is 6. The molecule has 3 N–H and O–H groups in total. The van der Waals surface area contributed by atoms with Gasteiger partial charge in [0, 0.05) is 31.8 Å². The van der Waals surface area contributed by atoms with Crippen molar-refractivity contribution in [1.29, 1.82) is 0 Å². The minimum Gasteiger partial charge on any atom is -0.443 e. The van der Waals surface area contributed by atoms with Crippen molar-refractivity contribution in [1.82, 2.24) is 9.78 Å². The monoisotopic (exact) mass is 392 g/mol. The lowest BCUT2D eigenvalue weighted by Crippen LogP contribution is -2.60. The Hall–Kier alpha value is -1.97. The first-order chi connectivity index (χ1) is 13.3. The highest BCUT2D eigenvalue weighted by atomic mass is 16.7. The van der Waals surface area contributed by atoms with E-state index in [1.165, 1.54) is 12.7 Å². The molecule has 154 valence electrons. The zero-order valence-corrected chi connectivity index (χ0v) is 16.6. The van der Waals surface area contributed by atoms with E-state index in [-0.39, 0.29) is 6.61 Å². The van der Waals surface area contributed by atoms with Crippen LogP contribution in [0.3, 0.4) is 0 Å². The Morgan fingerprint density at radius 1 is 1.07 bits per heavy atom. The highest BCUT2D eigenvalue weighted by Gasteiger charge is 2.45. The first-order valence-electron chi connectivity index (χ1n) is 9.25. The molecule has 0 bridgehead atoms. The number of aliphatic hydroxyl groups excluding tert-OH is 3. The number of nitrogens with zero attached hydrogens (tertiary/aromatic N) is 2. The summed E-state index contributed by atoms with van der Waals surface area (Å²) in [7, 11) is 3.27. The third kappa shape index (κ3) is 4.21. The van der Waals surface area contributed by atoms with Gasteiger partial charge in [0.15, 0.2) is 0 Å². The lowest BCUT2D eigenvalue weighted by Gasteiger charge is -2.39. The summed E-state index contributed by atoms with van der Waals surface area (Å²) in [4.78, 5) is 0. The van der Waals surface area contributed by atoms with Crippen LogP contribution in [-0.2, 0) is 22.9 Å². The zero-order valence-electron chi connectivity index (χ0n) is 16.6. The third-order valence-corrected chi connectivity index (χ3v) is 5.15. The van der Waals surface area contributed by atoms with Crippen molar-refractivity contribution >= 4 is 0 Å². The lowest BCUT2D eigenvalue weighted by molar-refractivity contribution is -0.279. The van der Waals surface area contributed by atoms with Gasteiger partial charge in [0.1, 0.15) is 24.4 Å². The number of benzene rings is 1. The molecule has 2 heterocycles. The van der Waals surface area contributed by atoms with Crippen molar-refractivity contribution in [2.75, 3.05) is 13.7 Å². The third-order valence-electron chi connectivity index (χ3n) is 5.15. The van der Waals surface area contributed by atoms with Gasteiger partial charge in [-0.25, -0.2) is 0 Å². The normalized spacial score (nSPS) is 27.8. The van der Waals surface area contributed by atoms with E-state index in [0.717, 1.165) is 16.8 Å². The van der Waals surface area contributed by atoms with E-state index in [1.54, 1.807) is 4.68 Å². The van der Waals surface area contributed by atoms with E-state index in [2.05, 4.69) is 5.10 Å². The number of aryl methyl sites for hydroxylation is 2. The van der Waals surface area contributed by atoms with E-state index in [1.807, 2.05) is 45.2 Å². The summed E-state index contributed by atoms with van der Waals surface area (Å²) < 4.78 is 18.2. The van der Waals surface area contributed by atoms with Crippen LogP contribution < -0.4 is 4.74 Å². The van der Waals surface area contributed by atoms with Crippen LogP contribution in [0.4, 0.5) is 0 Å². The van der Waals surface area contributed by atoms with Gasteiger partial charge in [-0.1, -0.05) is 29.8 Å². The smallest absolute Gasteiger partial charge is 0.239 e. The van der Waals surface area contributed by atoms with Crippen LogP contribution in [0.1, 0.15) is 22.4 Å². The fourth-order valence-electron chi connectivity index (χ4n) is 3.26. The Morgan fingerprint density at radius 3 is 2.39 bits per heavy atom. The van der Waals surface area contributed by atoms with Crippen molar-refractivity contribution < 1.29 is 29.5 Å². The predicted octanol–water partition coefficient (Wildman–Crippen LogP) is 0.461. The van der Waals surface area contributed by atoms with Gasteiger partial charge in [-0.05, 0) is 19.4 Å². The summed E-state index contributed by atoms with van der Waals surface area (Å²) in [5.74, 6) is 0.324. The van der Waals surface area contributed by atoms with Crippen molar-refractivity contribution in [2.45, 2.75) is 51.0 Å². The minimum atomic E-state index is -1.42. The highest BCUT2D eigenvalue weighted by Crippen LogP contribution is 2.29. The van der Waals surface area contributed by atoms with Gasteiger partial charge in [-0.2, -0.15) is 0 Å². The van der Waals surface area contributed by atoms with Crippen LogP contribution in [0.25, 0.3) is 0 Å². The van der Waals surface area contributed by atoms with Crippen LogP contribution in [-0.4, -0.2) is 69.5 Å². The second-order valence-corrected chi connectivity index (χ2v) is 7.24. The lowest BCUT2D eigenvalue weighted by atomic mass is 9.99. The summed E-state index contributed by atoms with van der Waals surface area (Å²) in [6.07, 6.45) is -5.50. The van der Waals surface area contributed by atoms with Gasteiger partial charge in [0.2, 0.25) is 12.2 Å². The van der Waals surface area contributed by atoms with E-state index in [4.69, 9.17) is 14.2 Å². The molecule has 1 aromatic carbocycles. The highest BCUT2D eigenvalue weighted by molar-refractivity contribution is 5.37. The molecule has 1 aliphatic rings. The molecule has 1 aliphatic heterocycles. The molecule has 0 aliphatic carbocycles. The van der Waals surface area contributed by atoms with Gasteiger partial charge in [0.25, 0.3) is 0 Å². The van der Waals surface area contributed by atoms with E-state index < -0.39 is 30.7 Å². The Balaban J connectivity index is 1.83. The second kappa shape index (κ2) is 8.59. The zero-order chi connectivity index (χ0) is 20.4. The van der Waals surface area contributed by atoms with Crippen LogP contribution in [0.2, 0.25) is 0 Å². The average molecular weight is 392 g/mol. The van der Waals surface area contributed by atoms with Gasteiger partial charge < -0.3 is 29.5 Å². The number of hydrogen-bond acceptors (Lipinski definition) is 7.